The van der Waals surface area contributed by atoms with Gasteiger partial charge in [-0.1, -0.05) is 0 Å². The molecule has 0 unspecified atom stereocenters. The summed E-state index contributed by atoms with van der Waals surface area (Å²) in [5.41, 5.74) is 5.78. The summed E-state index contributed by atoms with van der Waals surface area (Å²) in [7, 11) is 3.41. The highest BCUT2D eigenvalue weighted by Crippen LogP contribution is 2.26. The monoisotopic (exact) mass is 280 g/mol. The Morgan fingerprint density at radius 1 is 1.37 bits per heavy atom. The van der Waals surface area contributed by atoms with Gasteiger partial charge >= 0.3 is 11.3 Å². The van der Waals surface area contributed by atoms with Crippen molar-refractivity contribution in [3.8, 4) is 10.9 Å². The van der Waals surface area contributed by atoms with Crippen LogP contribution in [0.5, 0.6) is 10.9 Å². The molecule has 0 atom stereocenters. The number of nitrogens with zero attached hydrogens (tertiary/aromatic N) is 3. The van der Waals surface area contributed by atoms with Gasteiger partial charge in [-0.15, -0.1) is 4.37 Å². The molecule has 1 amide bonds. The summed E-state index contributed by atoms with van der Waals surface area (Å²) in [5, 5.41) is 0.114. The molecule has 2 aromatic rings. The minimum absolute atomic E-state index is 0.114. The van der Waals surface area contributed by atoms with E-state index in [1.54, 1.807) is 19.1 Å². The molecule has 0 aliphatic carbocycles. The second-order valence-electron chi connectivity index (χ2n) is 3.54. The molecule has 19 heavy (non-hydrogen) atoms. The Bertz CT molecular complexity index is 570. The van der Waals surface area contributed by atoms with Crippen LogP contribution in [0.25, 0.3) is 0 Å². The Morgan fingerprint density at radius 3 is 2.63 bits per heavy atom. The number of methoxy groups -OCH3 is 1. The van der Waals surface area contributed by atoms with Crippen LogP contribution < -0.4 is 20.1 Å². The lowest BCUT2D eigenvalue weighted by molar-refractivity contribution is 0.210. The zero-order valence-corrected chi connectivity index (χ0v) is 11.2. The van der Waals surface area contributed by atoms with Gasteiger partial charge in [0.05, 0.1) is 7.11 Å². The van der Waals surface area contributed by atoms with E-state index in [1.807, 2.05) is 24.3 Å². The highest BCUT2D eigenvalue weighted by molar-refractivity contribution is 7.07. The Kier molecular flexibility index (Phi) is 3.81. The van der Waals surface area contributed by atoms with Gasteiger partial charge < -0.3 is 20.1 Å². The van der Waals surface area contributed by atoms with Crippen molar-refractivity contribution in [2.45, 2.75) is 0 Å². The fourth-order valence-electron chi connectivity index (χ4n) is 1.39. The summed E-state index contributed by atoms with van der Waals surface area (Å²) in [6.07, 6.45) is -0.908. The van der Waals surface area contributed by atoms with E-state index in [0.717, 1.165) is 23.0 Å². The van der Waals surface area contributed by atoms with Gasteiger partial charge in [0.25, 0.3) is 0 Å². The maximum atomic E-state index is 10.6. The molecule has 1 aromatic heterocycles. The molecular weight excluding hydrogens is 268 g/mol. The molecule has 0 fully saturated rings. The molecule has 2 rings (SSSR count). The van der Waals surface area contributed by atoms with Crippen LogP contribution in [-0.4, -0.2) is 29.6 Å². The van der Waals surface area contributed by atoms with Crippen molar-refractivity contribution in [3.05, 3.63) is 24.3 Å². The van der Waals surface area contributed by atoms with Crippen molar-refractivity contribution in [2.75, 3.05) is 19.1 Å². The smallest absolute Gasteiger partial charge is 0.411 e. The van der Waals surface area contributed by atoms with Crippen LogP contribution in [0.15, 0.2) is 24.3 Å². The van der Waals surface area contributed by atoms with E-state index in [1.165, 1.54) is 0 Å². The van der Waals surface area contributed by atoms with Crippen LogP contribution in [0.1, 0.15) is 0 Å². The van der Waals surface area contributed by atoms with Gasteiger partial charge in [-0.3, -0.25) is 0 Å². The van der Waals surface area contributed by atoms with Crippen molar-refractivity contribution in [3.63, 3.8) is 0 Å². The summed E-state index contributed by atoms with van der Waals surface area (Å²) in [6, 6.07) is 7.40. The summed E-state index contributed by atoms with van der Waals surface area (Å²) in [4.78, 5) is 16.4. The molecule has 100 valence electrons. The van der Waals surface area contributed by atoms with E-state index in [9.17, 15) is 4.79 Å². The summed E-state index contributed by atoms with van der Waals surface area (Å²) >= 11 is 0.958. The van der Waals surface area contributed by atoms with Crippen LogP contribution in [0.4, 0.5) is 16.4 Å². The SMILES string of the molecule is COc1ccc(N(C)c2nsc(OC(N)=O)n2)cc1. The molecule has 2 N–H and O–H groups in total. The molecule has 0 spiro atoms. The van der Waals surface area contributed by atoms with E-state index in [-0.39, 0.29) is 5.19 Å². The molecular formula is C11H12N4O3S. The lowest BCUT2D eigenvalue weighted by atomic mass is 10.3. The minimum atomic E-state index is -0.908. The average Bonchev–Trinajstić information content (AvgIpc) is 2.85. The number of nitrogens with two attached hydrogens (primary N) is 1. The van der Waals surface area contributed by atoms with Crippen LogP contribution in [0, 0.1) is 0 Å². The van der Waals surface area contributed by atoms with Crippen LogP contribution in [0.2, 0.25) is 0 Å². The minimum Gasteiger partial charge on any atom is -0.497 e. The lowest BCUT2D eigenvalue weighted by Crippen LogP contribution is -2.16. The molecule has 1 aromatic carbocycles. The van der Waals surface area contributed by atoms with Crippen LogP contribution >= 0.6 is 11.5 Å². The molecule has 8 heteroatoms. The number of aromatic nitrogens is 2. The predicted molar refractivity (Wildman–Crippen MR) is 71.2 cm³/mol. The molecule has 0 saturated heterocycles. The molecule has 0 saturated carbocycles. The zero-order valence-electron chi connectivity index (χ0n) is 10.4. The molecule has 7 nitrogen and oxygen atoms in total. The lowest BCUT2D eigenvalue weighted by Gasteiger charge is -2.14. The number of primary amides is 1. The fourth-order valence-corrected chi connectivity index (χ4v) is 1.95. The van der Waals surface area contributed by atoms with E-state index in [2.05, 4.69) is 14.1 Å². The second-order valence-corrected chi connectivity index (χ2v) is 4.25. The van der Waals surface area contributed by atoms with E-state index in [0.29, 0.717) is 5.95 Å². The number of benzene rings is 1. The Morgan fingerprint density at radius 2 is 2.05 bits per heavy atom. The number of carbonyl (C=O) groups excluding carboxylic acids is 1. The van der Waals surface area contributed by atoms with Gasteiger partial charge in [-0.25, -0.2) is 4.79 Å². The number of carbonyl (C=O) groups is 1. The number of anilines is 2. The van der Waals surface area contributed by atoms with Gasteiger partial charge in [0, 0.05) is 24.3 Å². The number of hydrogen-bond donors (Lipinski definition) is 1. The van der Waals surface area contributed by atoms with Gasteiger partial charge in [0.2, 0.25) is 5.95 Å². The summed E-state index contributed by atoms with van der Waals surface area (Å²) in [6.45, 7) is 0. The Balaban J connectivity index is 2.15. The van der Waals surface area contributed by atoms with Gasteiger partial charge in [0.15, 0.2) is 0 Å². The predicted octanol–water partition coefficient (Wildman–Crippen LogP) is 1.77. The topological polar surface area (TPSA) is 90.6 Å². The van der Waals surface area contributed by atoms with Crippen molar-refractivity contribution >= 4 is 29.3 Å². The van der Waals surface area contributed by atoms with Gasteiger partial charge in [0.1, 0.15) is 5.75 Å². The summed E-state index contributed by atoms with van der Waals surface area (Å²) < 4.78 is 13.8. The van der Waals surface area contributed by atoms with Crippen molar-refractivity contribution in [1.29, 1.82) is 0 Å². The summed E-state index contributed by atoms with van der Waals surface area (Å²) in [5.74, 6) is 1.19. The van der Waals surface area contributed by atoms with E-state index >= 15 is 0 Å². The number of amides is 1. The van der Waals surface area contributed by atoms with E-state index < -0.39 is 6.09 Å². The van der Waals surface area contributed by atoms with Gasteiger partial charge in [-0.2, -0.15) is 4.98 Å². The largest absolute Gasteiger partial charge is 0.497 e. The normalized spacial score (nSPS) is 10.0. The number of rotatable bonds is 4. The highest BCUT2D eigenvalue weighted by atomic mass is 32.1. The fraction of sp³-hybridized carbons (Fsp3) is 0.182. The van der Waals surface area contributed by atoms with Crippen molar-refractivity contribution in [2.24, 2.45) is 5.73 Å². The highest BCUT2D eigenvalue weighted by Gasteiger charge is 2.12. The number of hydrogen-bond acceptors (Lipinski definition) is 7. The van der Waals surface area contributed by atoms with E-state index in [4.69, 9.17) is 10.5 Å². The Labute approximate surface area is 113 Å². The first-order chi connectivity index (χ1) is 9.10. The zero-order chi connectivity index (χ0) is 13.8. The first kappa shape index (κ1) is 13.1. The van der Waals surface area contributed by atoms with Crippen molar-refractivity contribution in [1.82, 2.24) is 9.36 Å². The number of ether oxygens (including phenoxy) is 2. The quantitative estimate of drug-likeness (QED) is 0.917. The molecule has 0 aliphatic rings. The molecule has 1 heterocycles. The average molecular weight is 280 g/mol. The molecule has 0 aliphatic heterocycles. The van der Waals surface area contributed by atoms with Crippen LogP contribution in [0.3, 0.4) is 0 Å². The standard InChI is InChI=1S/C11H12N4O3S/c1-15(7-3-5-8(17-2)6-4-7)10-13-11(19-14-10)18-9(12)16/h3-6H,1-2H3,(H2,12,16). The maximum absolute atomic E-state index is 10.6. The van der Waals surface area contributed by atoms with Crippen LogP contribution in [-0.2, 0) is 0 Å². The third-order valence-electron chi connectivity index (χ3n) is 2.34. The third kappa shape index (κ3) is 3.10. The molecule has 0 radical (unpaired) electrons. The molecule has 0 bridgehead atoms. The first-order valence-corrected chi connectivity index (χ1v) is 6.06. The van der Waals surface area contributed by atoms with Crippen molar-refractivity contribution < 1.29 is 14.3 Å². The first-order valence-electron chi connectivity index (χ1n) is 5.29. The maximum Gasteiger partial charge on any atom is 0.411 e. The van der Waals surface area contributed by atoms with Gasteiger partial charge in [-0.05, 0) is 24.3 Å². The second kappa shape index (κ2) is 5.53. The third-order valence-corrected chi connectivity index (χ3v) is 2.93. The Hall–Kier alpha value is -2.35.